The molecule has 0 heterocycles. The number of aliphatic hydroxyl groups excluding tert-OH is 1. The van der Waals surface area contributed by atoms with Gasteiger partial charge in [0.2, 0.25) is 0 Å². The van der Waals surface area contributed by atoms with Crippen molar-refractivity contribution in [3.05, 3.63) is 0 Å². The molecule has 1 aliphatic rings. The van der Waals surface area contributed by atoms with E-state index in [1.807, 2.05) is 0 Å². The van der Waals surface area contributed by atoms with Crippen molar-refractivity contribution in [2.24, 2.45) is 17.7 Å². The second-order valence-corrected chi connectivity index (χ2v) is 4.26. The summed E-state index contributed by atoms with van der Waals surface area (Å²) in [5.41, 5.74) is 0. The van der Waals surface area contributed by atoms with Gasteiger partial charge in [-0.15, -0.1) is 0 Å². The van der Waals surface area contributed by atoms with E-state index in [0.717, 1.165) is 19.3 Å². The molecule has 4 heteroatoms. The molecule has 1 fully saturated rings. The maximum absolute atomic E-state index is 9.24. The van der Waals surface area contributed by atoms with E-state index in [2.05, 4.69) is 11.8 Å². The molecular weight excluding hydrogens is 182 g/mol. The van der Waals surface area contributed by atoms with Crippen molar-refractivity contribution in [1.29, 1.82) is 0 Å². The fraction of sp³-hybridized carbons (Fsp3) is 1.00. The summed E-state index contributed by atoms with van der Waals surface area (Å²) in [5, 5.41) is 9.24. The lowest BCUT2D eigenvalue weighted by molar-refractivity contribution is -0.119. The number of ether oxygens (including phenoxy) is 1. The van der Waals surface area contributed by atoms with E-state index in [9.17, 15) is 5.11 Å². The molecule has 1 saturated carbocycles. The molecule has 3 unspecified atom stereocenters. The molecule has 4 atom stereocenters. The fourth-order valence-corrected chi connectivity index (χ4v) is 2.38. The molecule has 0 amide bonds. The van der Waals surface area contributed by atoms with E-state index in [1.165, 1.54) is 0 Å². The van der Waals surface area contributed by atoms with Crippen molar-refractivity contribution < 1.29 is 14.7 Å². The molecular formula is C10H21NO3. The van der Waals surface area contributed by atoms with E-state index in [0.29, 0.717) is 24.4 Å². The van der Waals surface area contributed by atoms with Gasteiger partial charge in [0.15, 0.2) is 6.29 Å². The largest absolute Gasteiger partial charge is 0.381 e. The zero-order valence-corrected chi connectivity index (χ0v) is 8.98. The maximum atomic E-state index is 9.24. The molecule has 4 nitrogen and oxygen atoms in total. The summed E-state index contributed by atoms with van der Waals surface area (Å²) in [7, 11) is 1.76. The fourth-order valence-electron chi connectivity index (χ4n) is 2.38. The third-order valence-corrected chi connectivity index (χ3v) is 3.19. The number of hydrogen-bond acceptors (Lipinski definition) is 4. The minimum absolute atomic E-state index is 0.377. The van der Waals surface area contributed by atoms with Gasteiger partial charge in [0.25, 0.3) is 0 Å². The molecule has 14 heavy (non-hydrogen) atoms. The zero-order valence-electron chi connectivity index (χ0n) is 8.98. The molecule has 1 rings (SSSR count). The van der Waals surface area contributed by atoms with Gasteiger partial charge in [0.05, 0.1) is 6.10 Å². The number of methoxy groups -OCH3 is 1. The van der Waals surface area contributed by atoms with Gasteiger partial charge in [-0.3, -0.25) is 4.84 Å². The molecule has 3 N–H and O–H groups in total. The standard InChI is InChI=1S/C10H21NO3/c1-7-5-8(6-10(12)14-11)3-4-9(7)13-2/h7-10,12H,3-6,11H2,1-2H3/t7-,8?,9?,10?/m1/s1. The summed E-state index contributed by atoms with van der Waals surface area (Å²) in [6.45, 7) is 2.19. The van der Waals surface area contributed by atoms with Gasteiger partial charge < -0.3 is 9.84 Å². The van der Waals surface area contributed by atoms with Crippen LogP contribution < -0.4 is 5.90 Å². The first-order chi connectivity index (χ1) is 6.67. The van der Waals surface area contributed by atoms with Gasteiger partial charge >= 0.3 is 0 Å². The third kappa shape index (κ3) is 3.20. The molecule has 0 aromatic heterocycles. The van der Waals surface area contributed by atoms with Crippen LogP contribution in [0.15, 0.2) is 0 Å². The monoisotopic (exact) mass is 203 g/mol. The second-order valence-electron chi connectivity index (χ2n) is 4.26. The van der Waals surface area contributed by atoms with Crippen LogP contribution in [-0.2, 0) is 9.57 Å². The number of aliphatic hydroxyl groups is 1. The van der Waals surface area contributed by atoms with Crippen molar-refractivity contribution in [1.82, 2.24) is 0 Å². The molecule has 0 spiro atoms. The summed E-state index contributed by atoms with van der Waals surface area (Å²) in [5.74, 6) is 5.97. The van der Waals surface area contributed by atoms with Gasteiger partial charge in [-0.2, -0.15) is 0 Å². The maximum Gasteiger partial charge on any atom is 0.174 e. The van der Waals surface area contributed by atoms with E-state index in [1.54, 1.807) is 7.11 Å². The van der Waals surface area contributed by atoms with Crippen LogP contribution >= 0.6 is 0 Å². The molecule has 84 valence electrons. The van der Waals surface area contributed by atoms with Crippen LogP contribution in [0, 0.1) is 11.8 Å². The van der Waals surface area contributed by atoms with Crippen LogP contribution in [0.3, 0.4) is 0 Å². The van der Waals surface area contributed by atoms with Gasteiger partial charge in [-0.1, -0.05) is 6.92 Å². The van der Waals surface area contributed by atoms with E-state index in [-0.39, 0.29) is 0 Å². The van der Waals surface area contributed by atoms with Crippen molar-refractivity contribution in [3.63, 3.8) is 0 Å². The highest BCUT2D eigenvalue weighted by atomic mass is 16.7. The Bertz CT molecular complexity index is 165. The van der Waals surface area contributed by atoms with Crippen molar-refractivity contribution >= 4 is 0 Å². The first-order valence-corrected chi connectivity index (χ1v) is 5.23. The smallest absolute Gasteiger partial charge is 0.174 e. The average molecular weight is 203 g/mol. The highest BCUT2D eigenvalue weighted by Gasteiger charge is 2.28. The Morgan fingerprint density at radius 3 is 2.71 bits per heavy atom. The van der Waals surface area contributed by atoms with Crippen LogP contribution in [0.5, 0.6) is 0 Å². The van der Waals surface area contributed by atoms with Gasteiger partial charge in [-0.05, 0) is 31.1 Å². The minimum Gasteiger partial charge on any atom is -0.381 e. The predicted molar refractivity (Wildman–Crippen MR) is 53.2 cm³/mol. The van der Waals surface area contributed by atoms with Crippen molar-refractivity contribution in [2.75, 3.05) is 7.11 Å². The second kappa shape index (κ2) is 5.66. The van der Waals surface area contributed by atoms with Crippen molar-refractivity contribution in [2.45, 2.75) is 45.0 Å². The first-order valence-electron chi connectivity index (χ1n) is 5.23. The van der Waals surface area contributed by atoms with Crippen LogP contribution in [-0.4, -0.2) is 24.6 Å². The molecule has 0 aliphatic heterocycles. The Kier molecular flexibility index (Phi) is 4.81. The Labute approximate surface area is 85.3 Å². The zero-order chi connectivity index (χ0) is 10.6. The minimum atomic E-state index is -0.814. The number of hydrogen-bond donors (Lipinski definition) is 2. The van der Waals surface area contributed by atoms with Crippen LogP contribution in [0.1, 0.15) is 32.6 Å². The molecule has 1 aliphatic carbocycles. The lowest BCUT2D eigenvalue weighted by Gasteiger charge is -2.33. The van der Waals surface area contributed by atoms with Gasteiger partial charge in [0.1, 0.15) is 0 Å². The topological polar surface area (TPSA) is 64.7 Å². The number of nitrogens with two attached hydrogens (primary N) is 1. The SMILES string of the molecule is COC1CCC(CC(O)ON)C[C@H]1C. The molecule has 0 radical (unpaired) electrons. The summed E-state index contributed by atoms with van der Waals surface area (Å²) >= 11 is 0. The first kappa shape index (κ1) is 11.9. The van der Waals surface area contributed by atoms with Crippen molar-refractivity contribution in [3.8, 4) is 0 Å². The van der Waals surface area contributed by atoms with Crippen LogP contribution in [0.4, 0.5) is 0 Å². The Morgan fingerprint density at radius 2 is 2.21 bits per heavy atom. The summed E-state index contributed by atoms with van der Waals surface area (Å²) < 4.78 is 5.36. The van der Waals surface area contributed by atoms with E-state index >= 15 is 0 Å². The summed E-state index contributed by atoms with van der Waals surface area (Å²) in [4.78, 5) is 4.37. The third-order valence-electron chi connectivity index (χ3n) is 3.19. The average Bonchev–Trinajstić information content (AvgIpc) is 2.18. The molecule has 0 saturated heterocycles. The van der Waals surface area contributed by atoms with Gasteiger partial charge in [0, 0.05) is 13.5 Å². The summed E-state index contributed by atoms with van der Waals surface area (Å²) in [6, 6.07) is 0. The lowest BCUT2D eigenvalue weighted by Crippen LogP contribution is -2.31. The Balaban J connectivity index is 2.31. The molecule has 0 aromatic rings. The molecule has 0 bridgehead atoms. The normalized spacial score (nSPS) is 35.6. The number of rotatable bonds is 4. The molecule has 0 aromatic carbocycles. The Morgan fingerprint density at radius 1 is 1.50 bits per heavy atom. The predicted octanol–water partition coefficient (Wildman–Crippen LogP) is 1.04. The van der Waals surface area contributed by atoms with Crippen LogP contribution in [0.2, 0.25) is 0 Å². The quantitative estimate of drug-likeness (QED) is 0.529. The van der Waals surface area contributed by atoms with E-state index < -0.39 is 6.29 Å². The van der Waals surface area contributed by atoms with E-state index in [4.69, 9.17) is 10.6 Å². The highest BCUT2D eigenvalue weighted by molar-refractivity contribution is 4.78. The summed E-state index contributed by atoms with van der Waals surface area (Å²) in [6.07, 6.45) is 3.44. The highest BCUT2D eigenvalue weighted by Crippen LogP contribution is 2.33. The van der Waals surface area contributed by atoms with Gasteiger partial charge in [-0.25, -0.2) is 5.90 Å². The Hall–Kier alpha value is -0.160. The van der Waals surface area contributed by atoms with Crippen LogP contribution in [0.25, 0.3) is 0 Å². The lowest BCUT2D eigenvalue weighted by atomic mass is 9.79.